The molecule has 0 aliphatic carbocycles. The number of rotatable bonds is 7. The van der Waals surface area contributed by atoms with Gasteiger partial charge >= 0.3 is 11.9 Å². The summed E-state index contributed by atoms with van der Waals surface area (Å²) >= 11 is 0. The lowest BCUT2D eigenvalue weighted by atomic mass is 9.80. The van der Waals surface area contributed by atoms with E-state index in [0.29, 0.717) is 46.2 Å². The summed E-state index contributed by atoms with van der Waals surface area (Å²) in [6.45, 7) is 7.47. The minimum absolute atomic E-state index is 0.321. The van der Waals surface area contributed by atoms with Crippen LogP contribution in [-0.2, 0) is 19.1 Å². The molecule has 7 heteroatoms. The molecule has 0 saturated carbocycles. The number of carbonyl (C=O) groups is 2. The first-order valence-corrected chi connectivity index (χ1v) is 8.66. The van der Waals surface area contributed by atoms with Gasteiger partial charge in [-0.1, -0.05) is 18.7 Å². The van der Waals surface area contributed by atoms with Crippen molar-refractivity contribution < 1.29 is 28.5 Å². The Kier molecular flexibility index (Phi) is 6.87. The molecule has 0 aromatic heterocycles. The number of dihydropyridines is 1. The fourth-order valence-corrected chi connectivity index (χ4v) is 3.22. The smallest absolute Gasteiger partial charge is 0.336 e. The highest BCUT2D eigenvalue weighted by atomic mass is 16.5. The molecule has 0 fully saturated rings. The Morgan fingerprint density at radius 2 is 1.61 bits per heavy atom. The van der Waals surface area contributed by atoms with Crippen LogP contribution in [0.4, 0.5) is 0 Å². The summed E-state index contributed by atoms with van der Waals surface area (Å²) in [5.41, 5.74) is 2.54. The topological polar surface area (TPSA) is 83.1 Å². The molecule has 1 aliphatic rings. The third-order valence-corrected chi connectivity index (χ3v) is 4.45. The lowest BCUT2D eigenvalue weighted by molar-refractivity contribution is -0.137. The van der Waals surface area contributed by atoms with Crippen molar-refractivity contribution in [2.45, 2.75) is 19.8 Å². The van der Waals surface area contributed by atoms with Gasteiger partial charge in [0.25, 0.3) is 0 Å². The number of hydrogen-bond donors (Lipinski definition) is 1. The Morgan fingerprint density at radius 3 is 2.07 bits per heavy atom. The highest BCUT2D eigenvalue weighted by Crippen LogP contribution is 2.41. The molecule has 1 aromatic carbocycles. The summed E-state index contributed by atoms with van der Waals surface area (Å²) in [7, 11) is 4.12. The van der Waals surface area contributed by atoms with E-state index in [1.807, 2.05) is 0 Å². The first kappa shape index (κ1) is 21.1. The fourth-order valence-electron chi connectivity index (χ4n) is 3.22. The third-order valence-electron chi connectivity index (χ3n) is 4.45. The predicted molar refractivity (Wildman–Crippen MR) is 104 cm³/mol. The Balaban J connectivity index is 2.66. The van der Waals surface area contributed by atoms with Gasteiger partial charge in [-0.2, -0.15) is 0 Å². The number of hydrogen-bond acceptors (Lipinski definition) is 7. The number of ether oxygens (including phenoxy) is 4. The molecule has 150 valence electrons. The minimum atomic E-state index is -0.677. The molecule has 7 nitrogen and oxygen atoms in total. The van der Waals surface area contributed by atoms with Crippen molar-refractivity contribution in [3.63, 3.8) is 0 Å². The van der Waals surface area contributed by atoms with E-state index in [1.165, 1.54) is 21.3 Å². The fraction of sp³-hybridized carbons (Fsp3) is 0.333. The molecule has 1 aliphatic heterocycles. The van der Waals surface area contributed by atoms with Gasteiger partial charge in [-0.15, -0.1) is 0 Å². The average Bonchev–Trinajstić information content (AvgIpc) is 2.70. The van der Waals surface area contributed by atoms with E-state index in [0.717, 1.165) is 0 Å². The molecule has 1 heterocycles. The zero-order chi connectivity index (χ0) is 20.8. The van der Waals surface area contributed by atoms with Crippen LogP contribution in [0.2, 0.25) is 0 Å². The molecule has 28 heavy (non-hydrogen) atoms. The van der Waals surface area contributed by atoms with Crippen LogP contribution >= 0.6 is 0 Å². The van der Waals surface area contributed by atoms with Crippen molar-refractivity contribution in [3.05, 3.63) is 59.0 Å². The van der Waals surface area contributed by atoms with Crippen LogP contribution in [0.1, 0.15) is 25.3 Å². The van der Waals surface area contributed by atoms with Crippen LogP contribution in [-0.4, -0.2) is 39.9 Å². The van der Waals surface area contributed by atoms with Gasteiger partial charge in [-0.3, -0.25) is 0 Å². The first-order valence-electron chi connectivity index (χ1n) is 8.66. The van der Waals surface area contributed by atoms with Crippen molar-refractivity contribution in [1.29, 1.82) is 0 Å². The second-order valence-electron chi connectivity index (χ2n) is 6.13. The van der Waals surface area contributed by atoms with E-state index in [2.05, 4.69) is 11.9 Å². The minimum Gasteiger partial charge on any atom is -0.493 e. The maximum Gasteiger partial charge on any atom is 0.336 e. The summed E-state index contributed by atoms with van der Waals surface area (Å²) in [5, 5.41) is 3.07. The molecule has 0 spiro atoms. The summed E-state index contributed by atoms with van der Waals surface area (Å²) in [6, 6.07) is 5.25. The van der Waals surface area contributed by atoms with Crippen molar-refractivity contribution in [1.82, 2.24) is 5.32 Å². The van der Waals surface area contributed by atoms with Crippen LogP contribution in [0.25, 0.3) is 0 Å². The number of methoxy groups -OCH3 is 3. The Labute approximate surface area is 164 Å². The van der Waals surface area contributed by atoms with Gasteiger partial charge in [-0.25, -0.2) is 9.59 Å². The molecule has 0 bridgehead atoms. The van der Waals surface area contributed by atoms with E-state index in [-0.39, 0.29) is 0 Å². The summed E-state index contributed by atoms with van der Waals surface area (Å²) < 4.78 is 20.9. The van der Waals surface area contributed by atoms with E-state index in [1.54, 1.807) is 38.1 Å². The van der Waals surface area contributed by atoms with E-state index >= 15 is 0 Å². The molecule has 0 saturated heterocycles. The van der Waals surface area contributed by atoms with Crippen LogP contribution in [0.3, 0.4) is 0 Å². The third kappa shape index (κ3) is 4.03. The lowest BCUT2D eigenvalue weighted by Crippen LogP contribution is -2.32. The number of allylic oxidation sites excluding steroid dienone is 2. The van der Waals surface area contributed by atoms with E-state index in [9.17, 15) is 9.59 Å². The van der Waals surface area contributed by atoms with Crippen molar-refractivity contribution >= 4 is 11.9 Å². The monoisotopic (exact) mass is 387 g/mol. The van der Waals surface area contributed by atoms with Crippen LogP contribution in [0, 0.1) is 0 Å². The van der Waals surface area contributed by atoms with Gasteiger partial charge in [0.1, 0.15) is 6.61 Å². The zero-order valence-corrected chi connectivity index (χ0v) is 16.8. The largest absolute Gasteiger partial charge is 0.493 e. The van der Waals surface area contributed by atoms with E-state index in [4.69, 9.17) is 18.9 Å². The highest BCUT2D eigenvalue weighted by molar-refractivity contribution is 5.99. The Bertz CT molecular complexity index is 814. The first-order chi connectivity index (χ1) is 13.4. The number of carbonyl (C=O) groups excluding carboxylic acids is 2. The number of nitrogens with one attached hydrogen (secondary N) is 1. The Hall–Kier alpha value is -3.22. The van der Waals surface area contributed by atoms with Crippen molar-refractivity contribution in [3.8, 4) is 11.5 Å². The molecular formula is C21H25NO6. The molecule has 2 rings (SSSR count). The molecule has 1 N–H and O–H groups in total. The van der Waals surface area contributed by atoms with E-state index < -0.39 is 17.9 Å². The van der Waals surface area contributed by atoms with Crippen LogP contribution < -0.4 is 14.8 Å². The van der Waals surface area contributed by atoms with Crippen molar-refractivity contribution in [2.75, 3.05) is 27.9 Å². The quantitative estimate of drug-likeness (QED) is 0.569. The van der Waals surface area contributed by atoms with Crippen LogP contribution in [0.15, 0.2) is 53.4 Å². The predicted octanol–water partition coefficient (Wildman–Crippen LogP) is 2.84. The number of benzene rings is 1. The van der Waals surface area contributed by atoms with Gasteiger partial charge in [0.15, 0.2) is 11.5 Å². The maximum absolute atomic E-state index is 12.5. The van der Waals surface area contributed by atoms with Gasteiger partial charge in [0, 0.05) is 11.4 Å². The zero-order valence-electron chi connectivity index (χ0n) is 16.8. The molecule has 1 aromatic rings. The van der Waals surface area contributed by atoms with Crippen LogP contribution in [0.5, 0.6) is 11.5 Å². The summed E-state index contributed by atoms with van der Waals surface area (Å²) in [5.74, 6) is -0.740. The van der Waals surface area contributed by atoms with Gasteiger partial charge < -0.3 is 24.3 Å². The second-order valence-corrected chi connectivity index (χ2v) is 6.13. The SMILES string of the molecule is C=CCOc1ccc(C2C(C(=O)OC)=C(C)NC(C)=C2C(=O)OC)cc1OC. The normalized spacial score (nSPS) is 14.3. The van der Waals surface area contributed by atoms with Gasteiger partial charge in [0.2, 0.25) is 0 Å². The summed E-state index contributed by atoms with van der Waals surface area (Å²) in [6.07, 6.45) is 1.63. The van der Waals surface area contributed by atoms with Gasteiger partial charge in [0.05, 0.1) is 38.4 Å². The molecule has 0 radical (unpaired) electrons. The lowest BCUT2D eigenvalue weighted by Gasteiger charge is -2.30. The Morgan fingerprint density at radius 1 is 1.04 bits per heavy atom. The molecule has 0 atom stereocenters. The van der Waals surface area contributed by atoms with Gasteiger partial charge in [-0.05, 0) is 31.5 Å². The molecule has 0 unspecified atom stereocenters. The standard InChI is InChI=1S/C21H25NO6/c1-7-10-28-15-9-8-14(11-16(15)25-4)19-17(20(23)26-5)12(2)22-13(3)18(19)21(24)27-6/h7-9,11,19,22H,1,10H2,2-6H3. The highest BCUT2D eigenvalue weighted by Gasteiger charge is 2.37. The second kappa shape index (κ2) is 9.12. The maximum atomic E-state index is 12.5. The molecule has 0 amide bonds. The molecular weight excluding hydrogens is 362 g/mol. The average molecular weight is 387 g/mol. The summed E-state index contributed by atoms with van der Waals surface area (Å²) in [4.78, 5) is 25.1. The van der Waals surface area contributed by atoms with Crippen molar-refractivity contribution in [2.24, 2.45) is 0 Å². The number of esters is 2.